The predicted molar refractivity (Wildman–Crippen MR) is 120 cm³/mol. The van der Waals surface area contributed by atoms with Crippen LogP contribution in [0.2, 0.25) is 0 Å². The van der Waals surface area contributed by atoms with E-state index in [0.717, 1.165) is 30.5 Å². The molecule has 2 aromatic heterocycles. The fourth-order valence-electron chi connectivity index (χ4n) is 2.50. The standard InChI is InChI=1S/C17H29N7S.HI/c1-6-18-17(19-8-7-16-20-9-13(2)25-16)21-11-15(23(3)4)14-10-22-24(5)12-14;/h9-10,12,15H,6-8,11H2,1-5H3,(H2,18,19,21);1H. The molecule has 9 heteroatoms. The number of likely N-dealkylation sites (N-methyl/N-ethyl adjacent to an activating group) is 1. The number of rotatable bonds is 8. The Bertz CT molecular complexity index is 680. The number of aromatic nitrogens is 3. The number of nitrogens with zero attached hydrogens (tertiary/aromatic N) is 5. The van der Waals surface area contributed by atoms with Crippen LogP contribution < -0.4 is 10.6 Å². The lowest BCUT2D eigenvalue weighted by Crippen LogP contribution is -2.39. The molecule has 0 saturated carbocycles. The Hall–Kier alpha value is -1.20. The second-order valence-electron chi connectivity index (χ2n) is 6.19. The Kier molecular flexibility index (Phi) is 10.1. The number of aliphatic imine (C=N–C) groups is 1. The predicted octanol–water partition coefficient (Wildman–Crippen LogP) is 2.20. The molecule has 0 spiro atoms. The maximum absolute atomic E-state index is 4.76. The van der Waals surface area contributed by atoms with Gasteiger partial charge in [-0.1, -0.05) is 0 Å². The van der Waals surface area contributed by atoms with E-state index >= 15 is 0 Å². The number of halogens is 1. The van der Waals surface area contributed by atoms with Gasteiger partial charge in [0.1, 0.15) is 0 Å². The maximum atomic E-state index is 4.76. The molecule has 0 aliphatic rings. The molecule has 0 fully saturated rings. The molecule has 0 amide bonds. The topological polar surface area (TPSA) is 70.4 Å². The Morgan fingerprint density at radius 3 is 2.65 bits per heavy atom. The Labute approximate surface area is 177 Å². The van der Waals surface area contributed by atoms with Crippen LogP contribution in [0.5, 0.6) is 0 Å². The zero-order chi connectivity index (χ0) is 18.2. The normalized spacial score (nSPS) is 12.8. The van der Waals surface area contributed by atoms with Gasteiger partial charge in [0, 0.05) is 49.4 Å². The maximum Gasteiger partial charge on any atom is 0.191 e. The van der Waals surface area contributed by atoms with Gasteiger partial charge in [0.15, 0.2) is 5.96 Å². The van der Waals surface area contributed by atoms with E-state index in [4.69, 9.17) is 4.99 Å². The summed E-state index contributed by atoms with van der Waals surface area (Å²) in [5, 5.41) is 12.1. The van der Waals surface area contributed by atoms with Crippen LogP contribution >= 0.6 is 35.3 Å². The number of nitrogens with one attached hydrogen (secondary N) is 2. The van der Waals surface area contributed by atoms with Crippen molar-refractivity contribution in [3.05, 3.63) is 34.0 Å². The van der Waals surface area contributed by atoms with Crippen molar-refractivity contribution in [2.45, 2.75) is 26.3 Å². The minimum Gasteiger partial charge on any atom is -0.357 e. The average molecular weight is 491 g/mol. The molecular formula is C17H30IN7S. The first-order chi connectivity index (χ1) is 12.0. The van der Waals surface area contributed by atoms with Crippen molar-refractivity contribution in [1.82, 2.24) is 30.3 Å². The fourth-order valence-corrected chi connectivity index (χ4v) is 3.29. The molecule has 2 aromatic rings. The minimum atomic E-state index is 0. The molecule has 0 aromatic carbocycles. The van der Waals surface area contributed by atoms with Crippen molar-refractivity contribution in [1.29, 1.82) is 0 Å². The highest BCUT2D eigenvalue weighted by Gasteiger charge is 2.15. The first kappa shape index (κ1) is 22.8. The minimum absolute atomic E-state index is 0. The Morgan fingerprint density at radius 1 is 1.35 bits per heavy atom. The molecule has 0 radical (unpaired) electrons. The zero-order valence-electron chi connectivity index (χ0n) is 16.2. The summed E-state index contributed by atoms with van der Waals surface area (Å²) in [4.78, 5) is 12.6. The van der Waals surface area contributed by atoms with E-state index in [9.17, 15) is 0 Å². The van der Waals surface area contributed by atoms with Crippen LogP contribution in [0.15, 0.2) is 23.6 Å². The molecule has 2 N–H and O–H groups in total. The van der Waals surface area contributed by atoms with Crippen LogP contribution in [-0.4, -0.2) is 59.4 Å². The number of aryl methyl sites for hydroxylation is 2. The van der Waals surface area contributed by atoms with Crippen molar-refractivity contribution >= 4 is 41.3 Å². The van der Waals surface area contributed by atoms with E-state index in [1.165, 1.54) is 10.4 Å². The van der Waals surface area contributed by atoms with Crippen molar-refractivity contribution in [2.24, 2.45) is 12.0 Å². The van der Waals surface area contributed by atoms with Crippen molar-refractivity contribution in [3.63, 3.8) is 0 Å². The van der Waals surface area contributed by atoms with Crippen LogP contribution in [0, 0.1) is 6.92 Å². The van der Waals surface area contributed by atoms with Gasteiger partial charge in [0.2, 0.25) is 0 Å². The molecule has 0 saturated heterocycles. The number of guanidine groups is 1. The molecule has 2 heterocycles. The van der Waals surface area contributed by atoms with Crippen LogP contribution in [-0.2, 0) is 13.5 Å². The van der Waals surface area contributed by atoms with E-state index < -0.39 is 0 Å². The van der Waals surface area contributed by atoms with E-state index in [-0.39, 0.29) is 30.0 Å². The van der Waals surface area contributed by atoms with E-state index in [2.05, 4.69) is 53.6 Å². The van der Waals surface area contributed by atoms with E-state index in [1.54, 1.807) is 11.3 Å². The summed E-state index contributed by atoms with van der Waals surface area (Å²) in [5.74, 6) is 0.839. The molecule has 0 bridgehead atoms. The number of thiazole rings is 1. The number of hydrogen-bond donors (Lipinski definition) is 2. The number of hydrogen-bond acceptors (Lipinski definition) is 5. The zero-order valence-corrected chi connectivity index (χ0v) is 19.3. The quantitative estimate of drug-likeness (QED) is 0.337. The molecule has 146 valence electrons. The van der Waals surface area contributed by atoms with Crippen molar-refractivity contribution in [3.8, 4) is 0 Å². The lowest BCUT2D eigenvalue weighted by molar-refractivity contribution is 0.306. The third-order valence-electron chi connectivity index (χ3n) is 3.80. The molecule has 0 aliphatic carbocycles. The summed E-state index contributed by atoms with van der Waals surface area (Å²) in [5.41, 5.74) is 1.17. The van der Waals surface area contributed by atoms with Gasteiger partial charge in [-0.25, -0.2) is 4.98 Å². The third kappa shape index (κ3) is 7.20. The highest BCUT2D eigenvalue weighted by atomic mass is 127. The second-order valence-corrected chi connectivity index (χ2v) is 7.51. The van der Waals surface area contributed by atoms with Crippen LogP contribution in [0.3, 0.4) is 0 Å². The highest BCUT2D eigenvalue weighted by Crippen LogP contribution is 2.17. The summed E-state index contributed by atoms with van der Waals surface area (Å²) < 4.78 is 1.83. The molecular weight excluding hydrogens is 461 g/mol. The van der Waals surface area contributed by atoms with Crippen molar-refractivity contribution < 1.29 is 0 Å². The van der Waals surface area contributed by atoms with Crippen LogP contribution in [0.25, 0.3) is 0 Å². The lowest BCUT2D eigenvalue weighted by Gasteiger charge is -2.22. The van der Waals surface area contributed by atoms with Gasteiger partial charge < -0.3 is 15.5 Å². The molecule has 2 rings (SSSR count). The summed E-state index contributed by atoms with van der Waals surface area (Å²) in [7, 11) is 6.07. The second kappa shape index (κ2) is 11.5. The van der Waals surface area contributed by atoms with E-state index in [1.807, 2.05) is 30.3 Å². The van der Waals surface area contributed by atoms with Crippen LogP contribution in [0.1, 0.15) is 28.4 Å². The molecule has 1 atom stereocenters. The summed E-state index contributed by atoms with van der Waals surface area (Å²) in [6.45, 7) is 6.48. The Balaban J connectivity index is 0.00000338. The van der Waals surface area contributed by atoms with Gasteiger partial charge in [-0.3, -0.25) is 9.67 Å². The largest absolute Gasteiger partial charge is 0.357 e. The lowest BCUT2D eigenvalue weighted by atomic mass is 10.1. The summed E-state index contributed by atoms with van der Waals surface area (Å²) in [6, 6.07) is 0.200. The first-order valence-corrected chi connectivity index (χ1v) is 9.39. The van der Waals surface area contributed by atoms with E-state index in [0.29, 0.717) is 6.54 Å². The van der Waals surface area contributed by atoms with Crippen LogP contribution in [0.4, 0.5) is 0 Å². The highest BCUT2D eigenvalue weighted by molar-refractivity contribution is 14.0. The van der Waals surface area contributed by atoms with Gasteiger partial charge in [-0.15, -0.1) is 35.3 Å². The van der Waals surface area contributed by atoms with Gasteiger partial charge in [-0.2, -0.15) is 5.10 Å². The first-order valence-electron chi connectivity index (χ1n) is 8.58. The molecule has 1 unspecified atom stereocenters. The monoisotopic (exact) mass is 491 g/mol. The van der Waals surface area contributed by atoms with Gasteiger partial charge in [0.25, 0.3) is 0 Å². The molecule has 26 heavy (non-hydrogen) atoms. The van der Waals surface area contributed by atoms with Crippen molar-refractivity contribution in [2.75, 3.05) is 33.7 Å². The molecule has 7 nitrogen and oxygen atoms in total. The van der Waals surface area contributed by atoms with Gasteiger partial charge >= 0.3 is 0 Å². The summed E-state index contributed by atoms with van der Waals surface area (Å²) >= 11 is 1.75. The third-order valence-corrected chi connectivity index (χ3v) is 4.77. The summed E-state index contributed by atoms with van der Waals surface area (Å²) in [6.07, 6.45) is 6.79. The fraction of sp³-hybridized carbons (Fsp3) is 0.588. The van der Waals surface area contributed by atoms with Gasteiger partial charge in [0.05, 0.1) is 23.8 Å². The smallest absolute Gasteiger partial charge is 0.191 e. The molecule has 0 aliphatic heterocycles. The van der Waals surface area contributed by atoms with Gasteiger partial charge in [-0.05, 0) is 27.9 Å². The average Bonchev–Trinajstić information content (AvgIpc) is 3.16. The SMILES string of the molecule is CCNC(=NCC(c1cnn(C)c1)N(C)C)NCCc1ncc(C)s1.I. The Morgan fingerprint density at radius 2 is 2.12 bits per heavy atom.